The van der Waals surface area contributed by atoms with Crippen LogP contribution in [0.5, 0.6) is 0 Å². The number of hydrogen-bond donors (Lipinski definition) is 0. The third-order valence-corrected chi connectivity index (χ3v) is 13.6. The summed E-state index contributed by atoms with van der Waals surface area (Å²) in [6, 6.07) is 0. The van der Waals surface area contributed by atoms with E-state index in [1.54, 1.807) is 0 Å². The monoisotopic (exact) mass is 432 g/mol. The van der Waals surface area contributed by atoms with Gasteiger partial charge in [0.25, 0.3) is 10.1 Å². The van der Waals surface area contributed by atoms with Crippen molar-refractivity contribution in [1.29, 1.82) is 0 Å². The third-order valence-electron chi connectivity index (χ3n) is 7.92. The maximum Gasteiger partial charge on any atom is 0.277 e. The highest BCUT2D eigenvalue weighted by molar-refractivity contribution is 8.33. The molecule has 3 atom stereocenters. The number of hydrogen-bond acceptors (Lipinski definition) is 5. The van der Waals surface area contributed by atoms with Gasteiger partial charge in [0.15, 0.2) is 0 Å². The van der Waals surface area contributed by atoms with E-state index in [1.165, 1.54) is 0 Å². The topological polar surface area (TPSA) is 77.5 Å². The lowest BCUT2D eigenvalue weighted by Crippen LogP contribution is -2.43. The molecule has 3 aliphatic carbocycles. The van der Waals surface area contributed by atoms with Gasteiger partial charge in [-0.25, -0.2) is 3.63 Å². The molecule has 0 aromatic rings. The van der Waals surface area contributed by atoms with Gasteiger partial charge >= 0.3 is 0 Å². The molecule has 0 radical (unpaired) electrons. The minimum atomic E-state index is -3.91. The second kappa shape index (κ2) is 7.69. The van der Waals surface area contributed by atoms with Gasteiger partial charge in [-0.15, -0.1) is 10.3 Å². The SMILES string of the molecule is CCC(=O)CS(C)(OS(=O)(=O)CC12CCC(CC1=O)C2(C)C)C1CCCCC1. The van der Waals surface area contributed by atoms with Crippen molar-refractivity contribution in [3.8, 4) is 0 Å². The smallest absolute Gasteiger partial charge is 0.277 e. The Hall–Kier alpha value is -0.400. The van der Waals surface area contributed by atoms with Gasteiger partial charge in [-0.3, -0.25) is 9.59 Å². The summed E-state index contributed by atoms with van der Waals surface area (Å²) in [6.07, 6.45) is 9.46. The van der Waals surface area contributed by atoms with E-state index in [4.69, 9.17) is 3.63 Å². The molecular weight excluding hydrogens is 396 g/mol. The fourth-order valence-corrected chi connectivity index (χ4v) is 12.3. The summed E-state index contributed by atoms with van der Waals surface area (Å²) >= 11 is 0. The van der Waals surface area contributed by atoms with Crippen LogP contribution in [-0.2, 0) is 23.3 Å². The van der Waals surface area contributed by atoms with E-state index in [0.717, 1.165) is 38.5 Å². The summed E-state index contributed by atoms with van der Waals surface area (Å²) in [5, 5.41) is 0.146. The molecule has 3 saturated carbocycles. The van der Waals surface area contributed by atoms with Gasteiger partial charge in [0.1, 0.15) is 11.6 Å². The van der Waals surface area contributed by atoms with Crippen molar-refractivity contribution < 1.29 is 21.6 Å². The number of Topliss-reactive ketones (excluding diaryl/α,β-unsaturated/α-hetero) is 2. The largest absolute Gasteiger partial charge is 0.299 e. The zero-order chi connectivity index (χ0) is 20.8. The van der Waals surface area contributed by atoms with Gasteiger partial charge in [0.05, 0.1) is 16.9 Å². The summed E-state index contributed by atoms with van der Waals surface area (Å²) in [7, 11) is -5.99. The second-order valence-corrected chi connectivity index (χ2v) is 14.9. The van der Waals surface area contributed by atoms with Crippen molar-refractivity contribution in [3.05, 3.63) is 0 Å². The zero-order valence-corrected chi connectivity index (χ0v) is 19.4. The number of fused-ring (bicyclic) bond motifs is 2. The van der Waals surface area contributed by atoms with Crippen LogP contribution in [0.3, 0.4) is 0 Å². The Morgan fingerprint density at radius 3 is 2.29 bits per heavy atom. The van der Waals surface area contributed by atoms with Crippen LogP contribution >= 0.6 is 10.3 Å². The molecule has 0 amide bonds. The first-order valence-corrected chi connectivity index (χ1v) is 14.5. The standard InChI is InChI=1S/C21H36O5S2/c1-5-17(22)14-27(4,18-9-7-6-8-10-18)26-28(24,25)15-21-12-11-16(13-19(21)23)20(21,2)3/h16,18H,5-15H2,1-4H3. The normalized spacial score (nSPS) is 33.6. The molecule has 0 saturated heterocycles. The predicted octanol–water partition coefficient (Wildman–Crippen LogP) is 4.39. The Bertz CT molecular complexity index is 738. The molecule has 162 valence electrons. The average Bonchev–Trinajstić information content (AvgIpc) is 2.95. The summed E-state index contributed by atoms with van der Waals surface area (Å²) in [4.78, 5) is 25.0. The highest BCUT2D eigenvalue weighted by atomic mass is 32.3. The van der Waals surface area contributed by atoms with Crippen molar-refractivity contribution in [2.75, 3.05) is 17.8 Å². The molecule has 0 aliphatic heterocycles. The molecule has 28 heavy (non-hydrogen) atoms. The van der Waals surface area contributed by atoms with E-state index in [0.29, 0.717) is 19.3 Å². The summed E-state index contributed by atoms with van der Waals surface area (Å²) in [5.41, 5.74) is -1.13. The Morgan fingerprint density at radius 2 is 1.79 bits per heavy atom. The Balaban J connectivity index is 1.85. The number of carbonyl (C=O) groups is 2. The molecule has 3 fully saturated rings. The molecule has 0 heterocycles. The molecule has 0 spiro atoms. The van der Waals surface area contributed by atoms with Crippen LogP contribution in [0.1, 0.15) is 78.6 Å². The van der Waals surface area contributed by atoms with Crippen LogP contribution in [0.2, 0.25) is 0 Å². The second-order valence-electron chi connectivity index (χ2n) is 9.81. The number of carbonyl (C=O) groups excluding carboxylic acids is 2. The zero-order valence-electron chi connectivity index (χ0n) is 17.8. The van der Waals surface area contributed by atoms with Gasteiger partial charge in [-0.1, -0.05) is 40.0 Å². The number of ketones is 2. The fourth-order valence-electron chi connectivity index (χ4n) is 5.85. The summed E-state index contributed by atoms with van der Waals surface area (Å²) < 4.78 is 32.5. The van der Waals surface area contributed by atoms with Crippen molar-refractivity contribution in [3.63, 3.8) is 0 Å². The van der Waals surface area contributed by atoms with Crippen molar-refractivity contribution in [2.24, 2.45) is 16.7 Å². The lowest BCUT2D eigenvalue weighted by atomic mass is 9.70. The molecule has 7 heteroatoms. The van der Waals surface area contributed by atoms with Crippen molar-refractivity contribution in [2.45, 2.75) is 83.8 Å². The van der Waals surface area contributed by atoms with Gasteiger partial charge in [0.2, 0.25) is 0 Å². The minimum Gasteiger partial charge on any atom is -0.299 e. The maximum atomic E-state index is 13.3. The molecule has 3 aliphatic rings. The van der Waals surface area contributed by atoms with Crippen LogP contribution < -0.4 is 0 Å². The molecule has 2 bridgehead atoms. The van der Waals surface area contributed by atoms with Crippen LogP contribution in [0, 0.1) is 16.7 Å². The van der Waals surface area contributed by atoms with Gasteiger partial charge < -0.3 is 0 Å². The lowest BCUT2D eigenvalue weighted by Gasteiger charge is -2.44. The molecule has 3 unspecified atom stereocenters. The van der Waals surface area contributed by atoms with E-state index in [-0.39, 0.29) is 39.7 Å². The molecule has 0 aromatic carbocycles. The molecule has 0 N–H and O–H groups in total. The van der Waals surface area contributed by atoms with Gasteiger partial charge in [-0.05, 0) is 43.3 Å². The van der Waals surface area contributed by atoms with Crippen molar-refractivity contribution in [1.82, 2.24) is 0 Å². The van der Waals surface area contributed by atoms with Crippen LogP contribution in [-0.4, -0.2) is 43.0 Å². The quantitative estimate of drug-likeness (QED) is 0.568. The minimum absolute atomic E-state index is 0.0645. The maximum absolute atomic E-state index is 13.3. The molecule has 0 aromatic heterocycles. The van der Waals surface area contributed by atoms with Crippen molar-refractivity contribution >= 4 is 32.0 Å². The number of rotatable bonds is 8. The first kappa shape index (κ1) is 22.3. The van der Waals surface area contributed by atoms with Gasteiger partial charge in [0, 0.05) is 18.1 Å². The van der Waals surface area contributed by atoms with E-state index < -0.39 is 25.8 Å². The first-order chi connectivity index (χ1) is 13.0. The van der Waals surface area contributed by atoms with Crippen LogP contribution in [0.25, 0.3) is 0 Å². The third kappa shape index (κ3) is 3.83. The fraction of sp³-hybridized carbons (Fsp3) is 0.905. The summed E-state index contributed by atoms with van der Waals surface area (Å²) in [6.45, 7) is 5.90. The lowest BCUT2D eigenvalue weighted by molar-refractivity contribution is -0.128. The average molecular weight is 433 g/mol. The van der Waals surface area contributed by atoms with E-state index >= 15 is 0 Å². The molecule has 3 rings (SSSR count). The van der Waals surface area contributed by atoms with Gasteiger partial charge in [-0.2, -0.15) is 8.42 Å². The van der Waals surface area contributed by atoms with Crippen LogP contribution in [0.4, 0.5) is 0 Å². The Morgan fingerprint density at radius 1 is 1.14 bits per heavy atom. The highest BCUT2D eigenvalue weighted by Crippen LogP contribution is 2.65. The molecular formula is C21H36O5S2. The van der Waals surface area contributed by atoms with E-state index in [1.807, 2.05) is 27.0 Å². The highest BCUT2D eigenvalue weighted by Gasteiger charge is 2.65. The Labute approximate surface area is 172 Å². The predicted molar refractivity (Wildman–Crippen MR) is 114 cm³/mol. The Kier molecular flexibility index (Phi) is 6.12. The molecule has 5 nitrogen and oxygen atoms in total. The van der Waals surface area contributed by atoms with Crippen LogP contribution in [0.15, 0.2) is 0 Å². The van der Waals surface area contributed by atoms with E-state index in [9.17, 15) is 18.0 Å². The summed E-state index contributed by atoms with van der Waals surface area (Å²) in [5.74, 6) is 0.404. The van der Waals surface area contributed by atoms with E-state index in [2.05, 4.69) is 0 Å². The first-order valence-electron chi connectivity index (χ1n) is 10.7.